The van der Waals surface area contributed by atoms with Gasteiger partial charge in [0, 0.05) is 31.1 Å². The molecular weight excluding hydrogens is 383 g/mol. The van der Waals surface area contributed by atoms with Gasteiger partial charge in [-0.25, -0.2) is 0 Å². The number of anilines is 1. The average Bonchev–Trinajstić information content (AvgIpc) is 2.94. The quantitative estimate of drug-likeness (QED) is 0.790. The molecule has 1 fully saturated rings. The van der Waals surface area contributed by atoms with Gasteiger partial charge >= 0.3 is 6.18 Å². The van der Waals surface area contributed by atoms with Crippen molar-refractivity contribution in [3.8, 4) is 0 Å². The molecule has 29 heavy (non-hydrogen) atoms. The van der Waals surface area contributed by atoms with Crippen molar-refractivity contribution < 1.29 is 23.1 Å². The smallest absolute Gasteiger partial charge is 0.378 e. The molecule has 160 valence electrons. The number of carbonyl (C=O) groups excluding carboxylic acids is 1. The Hall–Kier alpha value is -2.09. The van der Waals surface area contributed by atoms with Crippen LogP contribution in [-0.2, 0) is 0 Å². The summed E-state index contributed by atoms with van der Waals surface area (Å²) in [6, 6.07) is 6.20. The van der Waals surface area contributed by atoms with E-state index in [1.54, 1.807) is 12.1 Å². The maximum atomic E-state index is 14.1. The van der Waals surface area contributed by atoms with E-state index in [0.29, 0.717) is 12.8 Å². The second-order valence-electron chi connectivity index (χ2n) is 9.26. The highest BCUT2D eigenvalue weighted by molar-refractivity contribution is 5.99. The van der Waals surface area contributed by atoms with Crippen LogP contribution < -0.4 is 4.90 Å². The van der Waals surface area contributed by atoms with Gasteiger partial charge in [-0.15, -0.1) is 0 Å². The van der Waals surface area contributed by atoms with E-state index in [-0.39, 0.29) is 34.0 Å². The van der Waals surface area contributed by atoms with Crippen molar-refractivity contribution in [1.29, 1.82) is 0 Å². The van der Waals surface area contributed by atoms with Crippen LogP contribution in [0.4, 0.5) is 18.9 Å². The first kappa shape index (κ1) is 21.6. The van der Waals surface area contributed by atoms with Crippen molar-refractivity contribution in [1.82, 2.24) is 5.01 Å². The van der Waals surface area contributed by atoms with Crippen molar-refractivity contribution in [3.05, 3.63) is 29.8 Å². The van der Waals surface area contributed by atoms with E-state index in [9.17, 15) is 23.1 Å². The number of hydrazone groups is 1. The summed E-state index contributed by atoms with van der Waals surface area (Å²) in [5.41, 5.74) is -2.42. The summed E-state index contributed by atoms with van der Waals surface area (Å²) >= 11 is 0. The molecule has 1 saturated carbocycles. The molecule has 0 spiro atoms. The molecule has 3 atom stereocenters. The molecule has 5 nitrogen and oxygen atoms in total. The lowest BCUT2D eigenvalue weighted by molar-refractivity contribution is -0.314. The van der Waals surface area contributed by atoms with Crippen LogP contribution in [0.25, 0.3) is 0 Å². The fraction of sp³-hybridized carbons (Fsp3) is 0.619. The lowest BCUT2D eigenvalue weighted by Crippen LogP contribution is -2.62. The van der Waals surface area contributed by atoms with Gasteiger partial charge in [-0.2, -0.15) is 23.3 Å². The molecular formula is C21H28F3N3O2. The lowest BCUT2D eigenvalue weighted by atomic mass is 9.66. The maximum Gasteiger partial charge on any atom is 0.439 e. The molecule has 2 aliphatic rings. The molecule has 1 aromatic carbocycles. The molecule has 0 unspecified atom stereocenters. The Kier molecular flexibility index (Phi) is 5.22. The van der Waals surface area contributed by atoms with Gasteiger partial charge in [-0.1, -0.05) is 20.8 Å². The second kappa shape index (κ2) is 7.00. The molecule has 0 bridgehead atoms. The lowest BCUT2D eigenvalue weighted by Gasteiger charge is -2.42. The number of benzene rings is 1. The molecule has 0 saturated heterocycles. The highest BCUT2D eigenvalue weighted by atomic mass is 19.4. The monoisotopic (exact) mass is 411 g/mol. The first-order valence-corrected chi connectivity index (χ1v) is 9.75. The van der Waals surface area contributed by atoms with Gasteiger partial charge in [-0.3, -0.25) is 4.79 Å². The van der Waals surface area contributed by atoms with Crippen molar-refractivity contribution in [2.45, 2.75) is 51.9 Å². The minimum absolute atomic E-state index is 0.00486. The minimum atomic E-state index is -5.03. The Morgan fingerprint density at radius 3 is 2.28 bits per heavy atom. The van der Waals surface area contributed by atoms with Crippen LogP contribution >= 0.6 is 0 Å². The normalized spacial score (nSPS) is 27.5. The maximum absolute atomic E-state index is 14.1. The zero-order valence-corrected chi connectivity index (χ0v) is 17.4. The Labute approximate surface area is 169 Å². The zero-order valence-electron chi connectivity index (χ0n) is 17.4. The number of hydrogen-bond donors (Lipinski definition) is 1. The van der Waals surface area contributed by atoms with E-state index >= 15 is 0 Å². The third kappa shape index (κ3) is 3.63. The predicted molar refractivity (Wildman–Crippen MR) is 106 cm³/mol. The fourth-order valence-electron chi connectivity index (χ4n) is 4.23. The number of amides is 1. The molecule has 3 rings (SSSR count). The number of carbonyl (C=O) groups is 1. The average molecular weight is 411 g/mol. The number of fused-ring (bicyclic) bond motifs is 1. The van der Waals surface area contributed by atoms with Gasteiger partial charge < -0.3 is 10.0 Å². The number of alkyl halides is 3. The topological polar surface area (TPSA) is 56.1 Å². The van der Waals surface area contributed by atoms with Crippen molar-refractivity contribution in [2.24, 2.45) is 22.4 Å². The standard InChI is InChI=1S/C21H28F3N3O2/c1-19(2,3)14-8-11-17-16(12-14)20(29,21(22,23)24)27(25-17)18(28)13-6-9-15(10-7-13)26(4)5/h6-7,9-10,14,16,29H,8,11-12H2,1-5H3/t14-,16+,20+/m0/s1. The van der Waals surface area contributed by atoms with Crippen molar-refractivity contribution in [2.75, 3.05) is 19.0 Å². The summed E-state index contributed by atoms with van der Waals surface area (Å²) in [6.07, 6.45) is -3.86. The van der Waals surface area contributed by atoms with Gasteiger partial charge in [0.15, 0.2) is 0 Å². The molecule has 0 aromatic heterocycles. The molecule has 1 aromatic rings. The third-order valence-corrected chi connectivity index (χ3v) is 6.17. The Morgan fingerprint density at radius 2 is 1.79 bits per heavy atom. The summed E-state index contributed by atoms with van der Waals surface area (Å²) in [4.78, 5) is 14.8. The highest BCUT2D eigenvalue weighted by Crippen LogP contribution is 2.52. The summed E-state index contributed by atoms with van der Waals surface area (Å²) in [5, 5.41) is 15.2. The second-order valence-corrected chi connectivity index (χ2v) is 9.26. The van der Waals surface area contributed by atoms with Crippen LogP contribution in [0.3, 0.4) is 0 Å². The van der Waals surface area contributed by atoms with E-state index < -0.39 is 23.7 Å². The Balaban J connectivity index is 1.98. The Morgan fingerprint density at radius 1 is 1.21 bits per heavy atom. The van der Waals surface area contributed by atoms with Crippen molar-refractivity contribution in [3.63, 3.8) is 0 Å². The highest BCUT2D eigenvalue weighted by Gasteiger charge is 2.69. The number of hydrogen-bond acceptors (Lipinski definition) is 4. The van der Waals surface area contributed by atoms with Crippen LogP contribution in [0.15, 0.2) is 29.4 Å². The summed E-state index contributed by atoms with van der Waals surface area (Å²) in [7, 11) is 3.64. The van der Waals surface area contributed by atoms with Gasteiger partial charge in [-0.05, 0) is 54.9 Å². The molecule has 1 aliphatic carbocycles. The molecule has 1 heterocycles. The van der Waals surface area contributed by atoms with Crippen LogP contribution in [0.5, 0.6) is 0 Å². The van der Waals surface area contributed by atoms with E-state index in [1.165, 1.54) is 12.1 Å². The van der Waals surface area contributed by atoms with E-state index in [1.807, 2.05) is 39.8 Å². The first-order valence-electron chi connectivity index (χ1n) is 9.75. The van der Waals surface area contributed by atoms with E-state index in [4.69, 9.17) is 0 Å². The van der Waals surface area contributed by atoms with Crippen LogP contribution in [0, 0.1) is 17.3 Å². The minimum Gasteiger partial charge on any atom is -0.378 e. The molecule has 8 heteroatoms. The van der Waals surface area contributed by atoms with E-state index in [0.717, 1.165) is 5.69 Å². The fourth-order valence-corrected chi connectivity index (χ4v) is 4.23. The number of rotatable bonds is 2. The largest absolute Gasteiger partial charge is 0.439 e. The number of aliphatic hydroxyl groups is 1. The van der Waals surface area contributed by atoms with Crippen LogP contribution in [0.2, 0.25) is 0 Å². The predicted octanol–water partition coefficient (Wildman–Crippen LogP) is 4.28. The molecule has 1 N–H and O–H groups in total. The van der Waals surface area contributed by atoms with Gasteiger partial charge in [0.2, 0.25) is 0 Å². The van der Waals surface area contributed by atoms with Gasteiger partial charge in [0.05, 0.1) is 5.92 Å². The van der Waals surface area contributed by atoms with Gasteiger partial charge in [0.25, 0.3) is 11.6 Å². The van der Waals surface area contributed by atoms with Crippen LogP contribution in [-0.4, -0.2) is 47.7 Å². The zero-order chi connectivity index (χ0) is 21.8. The SMILES string of the molecule is CN(C)c1ccc(C(=O)N2N=C3CC[C@H](C(C)(C)C)C[C@H]3[C@@]2(O)C(F)(F)F)cc1. The first-order chi connectivity index (χ1) is 13.3. The van der Waals surface area contributed by atoms with Crippen molar-refractivity contribution >= 4 is 17.3 Å². The molecule has 0 radical (unpaired) electrons. The summed E-state index contributed by atoms with van der Waals surface area (Å²) in [5.74, 6) is -2.20. The van der Waals surface area contributed by atoms with Gasteiger partial charge in [0.1, 0.15) is 0 Å². The van der Waals surface area contributed by atoms with E-state index in [2.05, 4.69) is 5.10 Å². The Bertz CT molecular complexity index is 812. The molecule has 1 aliphatic heterocycles. The third-order valence-electron chi connectivity index (χ3n) is 6.17. The number of halogens is 3. The summed E-state index contributed by atoms with van der Waals surface area (Å²) in [6.45, 7) is 5.95. The van der Waals surface area contributed by atoms with Crippen LogP contribution in [0.1, 0.15) is 50.4 Å². The summed E-state index contributed by atoms with van der Waals surface area (Å²) < 4.78 is 42.3. The molecule has 1 amide bonds. The number of nitrogens with zero attached hydrogens (tertiary/aromatic N) is 3.